The average molecular weight is 415 g/mol. The number of methoxy groups -OCH3 is 1. The minimum Gasteiger partial charge on any atom is -0.494 e. The molecule has 0 atom stereocenters. The number of amides is 2. The molecule has 0 aliphatic carbocycles. The molecule has 1 aromatic carbocycles. The topological polar surface area (TPSA) is 88.4 Å². The van der Waals surface area contributed by atoms with Crippen molar-refractivity contribution in [3.05, 3.63) is 41.0 Å². The number of imide groups is 1. The molecule has 1 aliphatic heterocycles. The van der Waals surface area contributed by atoms with Crippen molar-refractivity contribution in [1.82, 2.24) is 14.9 Å². The van der Waals surface area contributed by atoms with E-state index >= 15 is 0 Å². The standard InChI is InChI=1S/C19H17N3O4S2/c1-10(2)22-17(23)14(27-19(22)24)9-11-7-8-15(26-11)28-18-20-12-5-4-6-13(25-3)16(12)21-18/h4-10H,1-3H3,(H,20,21). The van der Waals surface area contributed by atoms with E-state index in [1.54, 1.807) is 25.3 Å². The number of aromatic amines is 1. The molecule has 3 heterocycles. The molecule has 1 saturated heterocycles. The quantitative estimate of drug-likeness (QED) is 0.601. The number of hydrogen-bond donors (Lipinski definition) is 1. The molecule has 1 N–H and O–H groups in total. The van der Waals surface area contributed by atoms with E-state index in [1.165, 1.54) is 16.7 Å². The molecule has 2 aromatic heterocycles. The van der Waals surface area contributed by atoms with Crippen molar-refractivity contribution in [3.63, 3.8) is 0 Å². The third-order valence-corrected chi connectivity index (χ3v) is 5.78. The van der Waals surface area contributed by atoms with Crippen LogP contribution in [0.25, 0.3) is 17.1 Å². The summed E-state index contributed by atoms with van der Waals surface area (Å²) < 4.78 is 11.1. The van der Waals surface area contributed by atoms with Gasteiger partial charge in [0.15, 0.2) is 10.2 Å². The minimum atomic E-state index is -0.292. The number of para-hydroxylation sites is 1. The lowest BCUT2D eigenvalue weighted by Crippen LogP contribution is -2.34. The van der Waals surface area contributed by atoms with Crippen LogP contribution in [0.2, 0.25) is 0 Å². The number of carbonyl (C=O) groups is 2. The van der Waals surface area contributed by atoms with Gasteiger partial charge in [-0.2, -0.15) is 0 Å². The molecule has 0 saturated carbocycles. The van der Waals surface area contributed by atoms with Crippen molar-refractivity contribution < 1.29 is 18.7 Å². The molecule has 1 aliphatic rings. The Labute approximate surface area is 169 Å². The monoisotopic (exact) mass is 415 g/mol. The highest BCUT2D eigenvalue weighted by molar-refractivity contribution is 8.18. The zero-order valence-corrected chi connectivity index (χ0v) is 17.0. The maximum Gasteiger partial charge on any atom is 0.293 e. The van der Waals surface area contributed by atoms with Gasteiger partial charge in [-0.25, -0.2) is 4.98 Å². The molecule has 0 radical (unpaired) electrons. The lowest BCUT2D eigenvalue weighted by molar-refractivity contribution is -0.123. The lowest BCUT2D eigenvalue weighted by atomic mass is 10.3. The number of H-pyrrole nitrogens is 1. The van der Waals surface area contributed by atoms with Gasteiger partial charge in [-0.1, -0.05) is 6.07 Å². The average Bonchev–Trinajstić information content (AvgIpc) is 3.33. The van der Waals surface area contributed by atoms with Crippen molar-refractivity contribution >= 4 is 51.8 Å². The van der Waals surface area contributed by atoms with Gasteiger partial charge in [0, 0.05) is 12.1 Å². The molecule has 144 valence electrons. The Kier molecular flexibility index (Phi) is 4.94. The predicted octanol–water partition coefficient (Wildman–Crippen LogP) is 4.76. The summed E-state index contributed by atoms with van der Waals surface area (Å²) in [4.78, 5) is 33.7. The van der Waals surface area contributed by atoms with Crippen LogP contribution in [0.1, 0.15) is 19.6 Å². The fourth-order valence-electron chi connectivity index (χ4n) is 2.81. The second-order valence-electron chi connectivity index (χ2n) is 6.30. The second-order valence-corrected chi connectivity index (χ2v) is 8.29. The molecular weight excluding hydrogens is 398 g/mol. The van der Waals surface area contributed by atoms with Crippen molar-refractivity contribution in [2.75, 3.05) is 7.11 Å². The fourth-order valence-corrected chi connectivity index (χ4v) is 4.52. The Morgan fingerprint density at radius 3 is 2.82 bits per heavy atom. The number of hydrogen-bond acceptors (Lipinski definition) is 7. The number of nitrogens with zero attached hydrogens (tertiary/aromatic N) is 2. The minimum absolute atomic E-state index is 0.175. The molecule has 1 fully saturated rings. The first-order valence-electron chi connectivity index (χ1n) is 8.53. The summed E-state index contributed by atoms with van der Waals surface area (Å²) in [5.74, 6) is 0.909. The lowest BCUT2D eigenvalue weighted by Gasteiger charge is -2.16. The van der Waals surface area contributed by atoms with Crippen LogP contribution < -0.4 is 4.74 Å². The largest absolute Gasteiger partial charge is 0.494 e. The summed E-state index contributed by atoms with van der Waals surface area (Å²) in [6, 6.07) is 9.05. The normalized spacial score (nSPS) is 16.1. The maximum absolute atomic E-state index is 12.4. The number of carbonyl (C=O) groups excluding carboxylic acids is 2. The first kappa shape index (κ1) is 18.7. The predicted molar refractivity (Wildman–Crippen MR) is 108 cm³/mol. The van der Waals surface area contributed by atoms with Crippen molar-refractivity contribution in [2.45, 2.75) is 30.1 Å². The molecule has 0 unspecified atom stereocenters. The number of fused-ring (bicyclic) bond motifs is 1. The number of imidazole rings is 1. The number of ether oxygens (including phenoxy) is 1. The van der Waals surface area contributed by atoms with Gasteiger partial charge in [-0.05, 0) is 61.6 Å². The SMILES string of the molecule is COc1cccc2[nH]c(Sc3ccc(C=C4SC(=O)N(C(C)C)C4=O)o3)nc12. The van der Waals surface area contributed by atoms with Gasteiger partial charge in [0.2, 0.25) is 0 Å². The fraction of sp³-hybridized carbons (Fsp3) is 0.211. The van der Waals surface area contributed by atoms with Crippen LogP contribution in [0, 0.1) is 0 Å². The van der Waals surface area contributed by atoms with Crippen LogP contribution >= 0.6 is 23.5 Å². The molecule has 28 heavy (non-hydrogen) atoms. The van der Waals surface area contributed by atoms with Crippen molar-refractivity contribution in [1.29, 1.82) is 0 Å². The summed E-state index contributed by atoms with van der Waals surface area (Å²) in [6.07, 6.45) is 1.60. The summed E-state index contributed by atoms with van der Waals surface area (Å²) >= 11 is 2.26. The van der Waals surface area contributed by atoms with E-state index in [2.05, 4.69) is 9.97 Å². The molecule has 0 bridgehead atoms. The van der Waals surface area contributed by atoms with Gasteiger partial charge < -0.3 is 14.1 Å². The Morgan fingerprint density at radius 1 is 1.29 bits per heavy atom. The highest BCUT2D eigenvalue weighted by Crippen LogP contribution is 2.35. The van der Waals surface area contributed by atoms with Crippen LogP contribution in [0.15, 0.2) is 49.9 Å². The van der Waals surface area contributed by atoms with E-state index in [1.807, 2.05) is 32.0 Å². The Morgan fingerprint density at radius 2 is 2.11 bits per heavy atom. The van der Waals surface area contributed by atoms with Crippen LogP contribution in [0.3, 0.4) is 0 Å². The molecule has 4 rings (SSSR count). The molecule has 9 heteroatoms. The third-order valence-electron chi connectivity index (χ3n) is 4.09. The van der Waals surface area contributed by atoms with Gasteiger partial charge in [0.25, 0.3) is 11.1 Å². The first-order valence-corrected chi connectivity index (χ1v) is 10.2. The summed E-state index contributed by atoms with van der Waals surface area (Å²) in [6.45, 7) is 3.62. The number of aromatic nitrogens is 2. The Hall–Kier alpha value is -2.65. The van der Waals surface area contributed by atoms with E-state index in [0.717, 1.165) is 22.8 Å². The molecule has 3 aromatic rings. The van der Waals surface area contributed by atoms with E-state index in [-0.39, 0.29) is 17.2 Å². The van der Waals surface area contributed by atoms with Crippen LogP contribution in [0.4, 0.5) is 4.79 Å². The second kappa shape index (κ2) is 7.40. The van der Waals surface area contributed by atoms with Crippen molar-refractivity contribution in [3.8, 4) is 5.75 Å². The summed E-state index contributed by atoms with van der Waals surface area (Å²) in [5, 5.41) is 1.02. The van der Waals surface area contributed by atoms with Crippen LogP contribution in [-0.2, 0) is 4.79 Å². The number of furan rings is 1. The van der Waals surface area contributed by atoms with E-state index in [9.17, 15) is 9.59 Å². The number of benzene rings is 1. The molecule has 7 nitrogen and oxygen atoms in total. The highest BCUT2D eigenvalue weighted by Gasteiger charge is 2.36. The summed E-state index contributed by atoms with van der Waals surface area (Å²) in [7, 11) is 1.61. The number of rotatable bonds is 5. The zero-order valence-electron chi connectivity index (χ0n) is 15.4. The van der Waals surface area contributed by atoms with Gasteiger partial charge in [-0.15, -0.1) is 0 Å². The number of thioether (sulfide) groups is 1. The Bertz CT molecular complexity index is 1100. The summed E-state index contributed by atoms with van der Waals surface area (Å²) in [5.41, 5.74) is 1.62. The molecule has 0 spiro atoms. The van der Waals surface area contributed by atoms with Gasteiger partial charge in [0.05, 0.1) is 17.5 Å². The van der Waals surface area contributed by atoms with E-state index < -0.39 is 0 Å². The zero-order chi connectivity index (χ0) is 19.8. The molecule has 2 amide bonds. The Balaban J connectivity index is 1.54. The smallest absolute Gasteiger partial charge is 0.293 e. The van der Waals surface area contributed by atoms with Gasteiger partial charge in [0.1, 0.15) is 17.0 Å². The highest BCUT2D eigenvalue weighted by atomic mass is 32.2. The van der Waals surface area contributed by atoms with E-state index in [4.69, 9.17) is 9.15 Å². The third kappa shape index (κ3) is 3.43. The van der Waals surface area contributed by atoms with Crippen molar-refractivity contribution in [2.24, 2.45) is 0 Å². The molecular formula is C19H17N3O4S2. The van der Waals surface area contributed by atoms with Gasteiger partial charge >= 0.3 is 0 Å². The number of nitrogens with one attached hydrogen (secondary N) is 1. The van der Waals surface area contributed by atoms with Crippen LogP contribution in [0.5, 0.6) is 5.75 Å². The first-order chi connectivity index (χ1) is 13.5. The van der Waals surface area contributed by atoms with Gasteiger partial charge in [-0.3, -0.25) is 14.5 Å². The van der Waals surface area contributed by atoms with E-state index in [0.29, 0.717) is 26.7 Å². The maximum atomic E-state index is 12.4. The van der Waals surface area contributed by atoms with Crippen LogP contribution in [-0.4, -0.2) is 39.2 Å².